The summed E-state index contributed by atoms with van der Waals surface area (Å²) in [5.74, 6) is 2.22. The zero-order valence-corrected chi connectivity index (χ0v) is 11.5. The molecule has 21 heavy (non-hydrogen) atoms. The highest BCUT2D eigenvalue weighted by Crippen LogP contribution is 2.60. The van der Waals surface area contributed by atoms with E-state index < -0.39 is 5.97 Å². The van der Waals surface area contributed by atoms with Gasteiger partial charge in [-0.3, -0.25) is 0 Å². The molecule has 0 amide bonds. The highest BCUT2D eigenvalue weighted by atomic mass is 16.4. The molecule has 0 saturated heterocycles. The lowest BCUT2D eigenvalue weighted by Gasteiger charge is -2.04. The molecule has 2 atom stereocenters. The number of carbonyl (C=O) groups is 1. The van der Waals surface area contributed by atoms with E-state index in [1.54, 1.807) is 24.3 Å². The van der Waals surface area contributed by atoms with Crippen molar-refractivity contribution in [1.82, 2.24) is 10.2 Å². The van der Waals surface area contributed by atoms with Gasteiger partial charge in [-0.05, 0) is 48.9 Å². The average molecular weight is 284 g/mol. The summed E-state index contributed by atoms with van der Waals surface area (Å²) in [7, 11) is 0. The summed E-state index contributed by atoms with van der Waals surface area (Å²) in [6.45, 7) is 0. The smallest absolute Gasteiger partial charge is 0.335 e. The fourth-order valence-electron chi connectivity index (χ4n) is 3.60. The van der Waals surface area contributed by atoms with Crippen LogP contribution in [0.5, 0.6) is 0 Å². The molecule has 1 N–H and O–H groups in total. The van der Waals surface area contributed by atoms with Crippen LogP contribution in [0.4, 0.5) is 0 Å². The van der Waals surface area contributed by atoms with E-state index in [0.717, 1.165) is 23.3 Å². The van der Waals surface area contributed by atoms with Gasteiger partial charge in [0.2, 0.25) is 11.8 Å². The minimum Gasteiger partial charge on any atom is -0.478 e. The number of aromatic nitrogens is 2. The molecule has 2 unspecified atom stereocenters. The Hall–Kier alpha value is -2.17. The monoisotopic (exact) mass is 284 g/mol. The van der Waals surface area contributed by atoms with E-state index in [0.29, 0.717) is 11.8 Å². The molecule has 2 fully saturated rings. The maximum absolute atomic E-state index is 10.8. The number of carboxylic acid groups (broad SMARTS) is 1. The predicted octanol–water partition coefficient (Wildman–Crippen LogP) is 3.34. The Kier molecular flexibility index (Phi) is 2.80. The summed E-state index contributed by atoms with van der Waals surface area (Å²) in [6.07, 6.45) is 5.19. The summed E-state index contributed by atoms with van der Waals surface area (Å²) in [4.78, 5) is 10.8. The molecule has 2 aliphatic carbocycles. The lowest BCUT2D eigenvalue weighted by atomic mass is 10.0. The van der Waals surface area contributed by atoms with Crippen molar-refractivity contribution >= 4 is 5.97 Å². The van der Waals surface area contributed by atoms with Crippen LogP contribution in [0.15, 0.2) is 28.7 Å². The highest BCUT2D eigenvalue weighted by molar-refractivity contribution is 5.88. The van der Waals surface area contributed by atoms with Gasteiger partial charge in [0.05, 0.1) is 5.56 Å². The second-order valence-corrected chi connectivity index (χ2v) is 5.97. The van der Waals surface area contributed by atoms with Gasteiger partial charge < -0.3 is 9.52 Å². The van der Waals surface area contributed by atoms with Crippen molar-refractivity contribution in [3.8, 4) is 11.5 Å². The SMILES string of the molecule is O=C(O)c1ccc(-c2nnc(C3C4CCCCC43)o2)cc1. The van der Waals surface area contributed by atoms with Gasteiger partial charge >= 0.3 is 5.97 Å². The third-order valence-corrected chi connectivity index (χ3v) is 4.76. The van der Waals surface area contributed by atoms with Crippen LogP contribution in [0.3, 0.4) is 0 Å². The predicted molar refractivity (Wildman–Crippen MR) is 74.9 cm³/mol. The second-order valence-electron chi connectivity index (χ2n) is 5.97. The Bertz CT molecular complexity index is 665. The van der Waals surface area contributed by atoms with E-state index in [4.69, 9.17) is 9.52 Å². The third-order valence-electron chi connectivity index (χ3n) is 4.76. The van der Waals surface area contributed by atoms with E-state index in [2.05, 4.69) is 10.2 Å². The molecular formula is C16H16N2O3. The lowest BCUT2D eigenvalue weighted by Crippen LogP contribution is -1.94. The van der Waals surface area contributed by atoms with E-state index in [9.17, 15) is 4.79 Å². The van der Waals surface area contributed by atoms with Crippen molar-refractivity contribution in [2.75, 3.05) is 0 Å². The first-order valence-corrected chi connectivity index (χ1v) is 7.41. The Morgan fingerprint density at radius 2 is 1.76 bits per heavy atom. The van der Waals surface area contributed by atoms with Gasteiger partial charge in [-0.15, -0.1) is 10.2 Å². The van der Waals surface area contributed by atoms with Crippen molar-refractivity contribution < 1.29 is 14.3 Å². The van der Waals surface area contributed by atoms with Crippen molar-refractivity contribution in [1.29, 1.82) is 0 Å². The molecule has 2 aliphatic rings. The number of aromatic carboxylic acids is 1. The number of hydrogen-bond donors (Lipinski definition) is 1. The molecule has 5 heteroatoms. The van der Waals surface area contributed by atoms with Gasteiger partial charge in [0, 0.05) is 11.5 Å². The largest absolute Gasteiger partial charge is 0.478 e. The fourth-order valence-corrected chi connectivity index (χ4v) is 3.60. The van der Waals surface area contributed by atoms with E-state index in [1.807, 2.05) is 0 Å². The number of benzene rings is 1. The molecule has 1 heterocycles. The fraction of sp³-hybridized carbons (Fsp3) is 0.438. The van der Waals surface area contributed by atoms with Crippen molar-refractivity contribution in [3.63, 3.8) is 0 Å². The normalized spacial score (nSPS) is 27.1. The number of fused-ring (bicyclic) bond motifs is 1. The van der Waals surface area contributed by atoms with Gasteiger partial charge in [-0.1, -0.05) is 12.8 Å². The molecular weight excluding hydrogens is 268 g/mol. The zero-order valence-electron chi connectivity index (χ0n) is 11.5. The minimum atomic E-state index is -0.935. The van der Waals surface area contributed by atoms with Gasteiger partial charge in [0.25, 0.3) is 0 Å². The quantitative estimate of drug-likeness (QED) is 0.935. The summed E-state index contributed by atoms with van der Waals surface area (Å²) in [6, 6.07) is 6.53. The first-order chi connectivity index (χ1) is 10.2. The van der Waals surface area contributed by atoms with Crippen LogP contribution >= 0.6 is 0 Å². The van der Waals surface area contributed by atoms with Crippen LogP contribution in [0, 0.1) is 11.8 Å². The van der Waals surface area contributed by atoms with Crippen molar-refractivity contribution in [2.45, 2.75) is 31.6 Å². The van der Waals surface area contributed by atoms with Crippen LogP contribution < -0.4 is 0 Å². The van der Waals surface area contributed by atoms with Crippen LogP contribution in [-0.4, -0.2) is 21.3 Å². The molecule has 5 nitrogen and oxygen atoms in total. The molecule has 0 aliphatic heterocycles. The summed E-state index contributed by atoms with van der Waals surface area (Å²) >= 11 is 0. The first-order valence-electron chi connectivity index (χ1n) is 7.41. The van der Waals surface area contributed by atoms with Crippen LogP contribution in [0.25, 0.3) is 11.5 Å². The molecule has 4 rings (SSSR count). The lowest BCUT2D eigenvalue weighted by molar-refractivity contribution is 0.0697. The summed E-state index contributed by atoms with van der Waals surface area (Å²) < 4.78 is 5.82. The Morgan fingerprint density at radius 3 is 2.38 bits per heavy atom. The number of nitrogens with zero attached hydrogens (tertiary/aromatic N) is 2. The second kappa shape index (κ2) is 4.69. The Morgan fingerprint density at radius 1 is 1.10 bits per heavy atom. The van der Waals surface area contributed by atoms with Gasteiger partial charge in [-0.2, -0.15) is 0 Å². The van der Waals surface area contributed by atoms with Crippen molar-refractivity contribution in [3.05, 3.63) is 35.7 Å². The topological polar surface area (TPSA) is 76.2 Å². The molecule has 1 aromatic heterocycles. The summed E-state index contributed by atoms with van der Waals surface area (Å²) in [5, 5.41) is 17.2. The molecule has 2 aromatic rings. The van der Waals surface area contributed by atoms with Gasteiger partial charge in [0.1, 0.15) is 0 Å². The standard InChI is InChI=1S/C16H16N2O3/c19-16(20)10-7-5-9(6-8-10)14-17-18-15(21-14)13-11-3-1-2-4-12(11)13/h5-8,11-13H,1-4H2,(H,19,20). The Labute approximate surface area is 122 Å². The molecule has 0 radical (unpaired) electrons. The highest BCUT2D eigenvalue weighted by Gasteiger charge is 2.54. The first kappa shape index (κ1) is 12.6. The molecule has 0 bridgehead atoms. The maximum atomic E-state index is 10.8. The number of hydrogen-bond acceptors (Lipinski definition) is 4. The van der Waals surface area contributed by atoms with Crippen LogP contribution in [-0.2, 0) is 0 Å². The third kappa shape index (κ3) is 2.13. The molecule has 2 saturated carbocycles. The van der Waals surface area contributed by atoms with Crippen LogP contribution in [0.1, 0.15) is 47.8 Å². The average Bonchev–Trinajstić information content (AvgIpc) is 3.04. The molecule has 108 valence electrons. The van der Waals surface area contributed by atoms with Gasteiger partial charge in [0.15, 0.2) is 0 Å². The maximum Gasteiger partial charge on any atom is 0.335 e. The van der Waals surface area contributed by atoms with E-state index in [-0.39, 0.29) is 5.56 Å². The summed E-state index contributed by atoms with van der Waals surface area (Å²) in [5.41, 5.74) is 1.02. The Balaban J connectivity index is 1.55. The van der Waals surface area contributed by atoms with Crippen molar-refractivity contribution in [2.24, 2.45) is 11.8 Å². The molecule has 0 spiro atoms. The number of rotatable bonds is 3. The minimum absolute atomic E-state index is 0.256. The van der Waals surface area contributed by atoms with Gasteiger partial charge in [-0.25, -0.2) is 4.79 Å². The molecule has 1 aromatic carbocycles. The van der Waals surface area contributed by atoms with E-state index in [1.165, 1.54) is 25.7 Å². The zero-order chi connectivity index (χ0) is 14.4. The van der Waals surface area contributed by atoms with E-state index >= 15 is 0 Å². The van der Waals surface area contributed by atoms with Crippen LogP contribution in [0.2, 0.25) is 0 Å². The number of carboxylic acids is 1.